The number of carbonyl (C=O) groups excluding carboxylic acids is 1. The molecule has 0 aliphatic heterocycles. The highest BCUT2D eigenvalue weighted by Crippen LogP contribution is 2.37. The fourth-order valence-electron chi connectivity index (χ4n) is 1.25. The molecule has 0 amide bonds. The Morgan fingerprint density at radius 1 is 1.69 bits per heavy atom. The smallest absolute Gasteiger partial charge is 0.198 e. The van der Waals surface area contributed by atoms with E-state index < -0.39 is 11.6 Å². The molecule has 0 unspecified atom stereocenters. The first kappa shape index (κ1) is 12.9. The average Bonchev–Trinajstić information content (AvgIpc) is 2.24. The third-order valence-corrected chi connectivity index (χ3v) is 2.57. The Labute approximate surface area is 101 Å². The van der Waals surface area contributed by atoms with Gasteiger partial charge in [-0.2, -0.15) is 0 Å². The van der Waals surface area contributed by atoms with Gasteiger partial charge in [-0.05, 0) is 29.0 Å². The SMILES string of the molecule is CNCC(=O)c1cc(Br)c(F)c(OC)c1O. The number of rotatable bonds is 4. The maximum absolute atomic E-state index is 13.4. The van der Waals surface area contributed by atoms with Crippen LogP contribution >= 0.6 is 15.9 Å². The van der Waals surface area contributed by atoms with Crippen molar-refractivity contribution < 1.29 is 19.0 Å². The quantitative estimate of drug-likeness (QED) is 0.829. The Kier molecular flexibility index (Phi) is 4.26. The van der Waals surface area contributed by atoms with Gasteiger partial charge < -0.3 is 15.2 Å². The number of carbonyl (C=O) groups is 1. The van der Waals surface area contributed by atoms with Crippen LogP contribution in [0.4, 0.5) is 4.39 Å². The predicted molar refractivity (Wildman–Crippen MR) is 60.6 cm³/mol. The van der Waals surface area contributed by atoms with E-state index in [1.165, 1.54) is 13.2 Å². The van der Waals surface area contributed by atoms with Crippen LogP contribution in [0.15, 0.2) is 10.5 Å². The lowest BCUT2D eigenvalue weighted by Crippen LogP contribution is -2.19. The molecule has 0 saturated heterocycles. The fourth-order valence-corrected chi connectivity index (χ4v) is 1.66. The molecule has 16 heavy (non-hydrogen) atoms. The molecule has 0 heterocycles. The fraction of sp³-hybridized carbons (Fsp3) is 0.300. The normalized spacial score (nSPS) is 10.2. The number of ether oxygens (including phenoxy) is 1. The van der Waals surface area contributed by atoms with Gasteiger partial charge in [-0.25, -0.2) is 4.39 Å². The van der Waals surface area contributed by atoms with Crippen molar-refractivity contribution in [2.45, 2.75) is 0 Å². The van der Waals surface area contributed by atoms with Crippen molar-refractivity contribution in [3.63, 3.8) is 0 Å². The summed E-state index contributed by atoms with van der Waals surface area (Å²) in [6.07, 6.45) is 0. The monoisotopic (exact) mass is 291 g/mol. The first-order valence-electron chi connectivity index (χ1n) is 4.45. The van der Waals surface area contributed by atoms with Crippen LogP contribution in [0.1, 0.15) is 10.4 Å². The molecule has 4 nitrogen and oxygen atoms in total. The zero-order valence-corrected chi connectivity index (χ0v) is 10.4. The second kappa shape index (κ2) is 5.27. The number of phenolic OH excluding ortho intramolecular Hbond substituents is 1. The van der Waals surface area contributed by atoms with E-state index in [0.29, 0.717) is 0 Å². The Bertz CT molecular complexity index is 423. The van der Waals surface area contributed by atoms with E-state index in [-0.39, 0.29) is 28.1 Å². The first-order chi connectivity index (χ1) is 7.52. The summed E-state index contributed by atoms with van der Waals surface area (Å²) in [6, 6.07) is 1.23. The zero-order valence-electron chi connectivity index (χ0n) is 8.80. The summed E-state index contributed by atoms with van der Waals surface area (Å²) in [5.41, 5.74) is 0.0134. The van der Waals surface area contributed by atoms with Crippen LogP contribution in [0, 0.1) is 5.82 Å². The lowest BCUT2D eigenvalue weighted by molar-refractivity contribution is 0.0990. The third kappa shape index (κ3) is 2.33. The number of aromatic hydroxyl groups is 1. The highest BCUT2D eigenvalue weighted by Gasteiger charge is 2.21. The number of hydrogen-bond donors (Lipinski definition) is 2. The van der Waals surface area contributed by atoms with Crippen molar-refractivity contribution in [1.29, 1.82) is 0 Å². The molecule has 0 aliphatic carbocycles. The molecule has 0 aromatic heterocycles. The molecule has 0 aliphatic rings. The van der Waals surface area contributed by atoms with Crippen molar-refractivity contribution in [3.8, 4) is 11.5 Å². The molecule has 0 atom stereocenters. The minimum Gasteiger partial charge on any atom is -0.504 e. The lowest BCUT2D eigenvalue weighted by Gasteiger charge is -2.10. The Morgan fingerprint density at radius 2 is 2.31 bits per heavy atom. The van der Waals surface area contributed by atoms with Crippen LogP contribution in [0.2, 0.25) is 0 Å². The molecule has 0 bridgehead atoms. The number of halogens is 2. The Balaban J connectivity index is 3.31. The van der Waals surface area contributed by atoms with Crippen LogP contribution in [0.25, 0.3) is 0 Å². The second-order valence-corrected chi connectivity index (χ2v) is 3.91. The van der Waals surface area contributed by atoms with E-state index in [1.54, 1.807) is 7.05 Å². The second-order valence-electron chi connectivity index (χ2n) is 3.06. The minimum atomic E-state index is -0.735. The molecule has 6 heteroatoms. The maximum atomic E-state index is 13.4. The van der Waals surface area contributed by atoms with Crippen LogP contribution in [0.3, 0.4) is 0 Å². The van der Waals surface area contributed by atoms with Crippen molar-refractivity contribution in [1.82, 2.24) is 5.32 Å². The van der Waals surface area contributed by atoms with Gasteiger partial charge in [0.15, 0.2) is 23.1 Å². The molecule has 0 spiro atoms. The van der Waals surface area contributed by atoms with Crippen molar-refractivity contribution in [3.05, 3.63) is 21.9 Å². The zero-order chi connectivity index (χ0) is 12.3. The number of Topliss-reactive ketones (excluding diaryl/α,β-unsaturated/α-hetero) is 1. The first-order valence-corrected chi connectivity index (χ1v) is 5.25. The molecular weight excluding hydrogens is 281 g/mol. The van der Waals surface area contributed by atoms with Gasteiger partial charge in [0.25, 0.3) is 0 Å². The molecule has 0 saturated carbocycles. The summed E-state index contributed by atoms with van der Waals surface area (Å²) in [6.45, 7) is 0.0504. The molecule has 1 aromatic carbocycles. The van der Waals surface area contributed by atoms with E-state index >= 15 is 0 Å². The van der Waals surface area contributed by atoms with Gasteiger partial charge in [-0.3, -0.25) is 4.79 Å². The van der Waals surface area contributed by atoms with E-state index in [4.69, 9.17) is 4.74 Å². The average molecular weight is 292 g/mol. The van der Waals surface area contributed by atoms with Gasteiger partial charge in [0.1, 0.15) is 0 Å². The molecule has 1 aromatic rings. The van der Waals surface area contributed by atoms with E-state index in [9.17, 15) is 14.3 Å². The van der Waals surface area contributed by atoms with Crippen molar-refractivity contribution >= 4 is 21.7 Å². The summed E-state index contributed by atoms with van der Waals surface area (Å²) >= 11 is 2.95. The third-order valence-electron chi connectivity index (χ3n) is 1.99. The summed E-state index contributed by atoms with van der Waals surface area (Å²) in [4.78, 5) is 11.6. The summed E-state index contributed by atoms with van der Waals surface area (Å²) in [5, 5.41) is 12.3. The summed E-state index contributed by atoms with van der Waals surface area (Å²) in [7, 11) is 2.82. The van der Waals surface area contributed by atoms with Gasteiger partial charge in [-0.1, -0.05) is 0 Å². The predicted octanol–water partition coefficient (Wildman–Crippen LogP) is 1.70. The molecule has 0 fully saturated rings. The van der Waals surface area contributed by atoms with Gasteiger partial charge in [0.05, 0.1) is 23.7 Å². The molecule has 0 radical (unpaired) electrons. The number of nitrogens with one attached hydrogen (secondary N) is 1. The van der Waals surface area contributed by atoms with E-state index in [1.807, 2.05) is 0 Å². The van der Waals surface area contributed by atoms with Gasteiger partial charge in [0, 0.05) is 0 Å². The van der Waals surface area contributed by atoms with Crippen LogP contribution in [0.5, 0.6) is 11.5 Å². The number of methoxy groups -OCH3 is 1. The number of phenols is 1. The minimum absolute atomic E-state index is 0.0134. The van der Waals surface area contributed by atoms with Gasteiger partial charge in [-0.15, -0.1) is 0 Å². The van der Waals surface area contributed by atoms with Crippen LogP contribution < -0.4 is 10.1 Å². The molecule has 2 N–H and O–H groups in total. The Hall–Kier alpha value is -1.14. The molecular formula is C10H11BrFNO3. The highest BCUT2D eigenvalue weighted by molar-refractivity contribution is 9.10. The van der Waals surface area contributed by atoms with Crippen LogP contribution in [-0.2, 0) is 0 Å². The van der Waals surface area contributed by atoms with Gasteiger partial charge in [0.2, 0.25) is 0 Å². The maximum Gasteiger partial charge on any atom is 0.198 e. The van der Waals surface area contributed by atoms with Crippen molar-refractivity contribution in [2.75, 3.05) is 20.7 Å². The van der Waals surface area contributed by atoms with Crippen LogP contribution in [-0.4, -0.2) is 31.6 Å². The molecule has 88 valence electrons. The van der Waals surface area contributed by atoms with Gasteiger partial charge >= 0.3 is 0 Å². The standard InChI is InChI=1S/C10H11BrFNO3/c1-13-4-7(14)5-3-6(11)8(12)10(16-2)9(5)15/h3,13,15H,4H2,1-2H3. The summed E-state index contributed by atoms with van der Waals surface area (Å²) in [5.74, 6) is -1.91. The largest absolute Gasteiger partial charge is 0.504 e. The number of ketones is 1. The number of benzene rings is 1. The Morgan fingerprint density at radius 3 is 2.81 bits per heavy atom. The highest BCUT2D eigenvalue weighted by atomic mass is 79.9. The summed E-state index contributed by atoms with van der Waals surface area (Å²) < 4.78 is 18.2. The van der Waals surface area contributed by atoms with E-state index in [0.717, 1.165) is 0 Å². The van der Waals surface area contributed by atoms with Crippen molar-refractivity contribution in [2.24, 2.45) is 0 Å². The van der Waals surface area contributed by atoms with E-state index in [2.05, 4.69) is 21.2 Å². The molecule has 1 rings (SSSR count). The number of likely N-dealkylation sites (N-methyl/N-ethyl adjacent to an activating group) is 1. The number of hydrogen-bond acceptors (Lipinski definition) is 4. The lowest BCUT2D eigenvalue weighted by atomic mass is 10.1. The topological polar surface area (TPSA) is 58.6 Å².